The summed E-state index contributed by atoms with van der Waals surface area (Å²) >= 11 is 1.50. The second kappa shape index (κ2) is 5.23. The number of nitrogens with zero attached hydrogens (tertiary/aromatic N) is 3. The van der Waals surface area contributed by atoms with E-state index in [1.54, 1.807) is 0 Å². The van der Waals surface area contributed by atoms with E-state index in [2.05, 4.69) is 15.1 Å². The van der Waals surface area contributed by atoms with Crippen molar-refractivity contribution in [2.45, 2.75) is 45.3 Å². The number of ether oxygens (including phenoxy) is 1. The maximum absolute atomic E-state index is 5.84. The molecule has 1 saturated heterocycles. The fourth-order valence-corrected chi connectivity index (χ4v) is 3.24. The van der Waals surface area contributed by atoms with Gasteiger partial charge in [0.1, 0.15) is 15.5 Å². The van der Waals surface area contributed by atoms with Crippen molar-refractivity contribution in [1.82, 2.24) is 15.1 Å². The summed E-state index contributed by atoms with van der Waals surface area (Å²) < 4.78 is 11.2. The summed E-state index contributed by atoms with van der Waals surface area (Å²) in [6, 6.07) is 0. The minimum Gasteiger partial charge on any atom is -0.367 e. The summed E-state index contributed by atoms with van der Waals surface area (Å²) in [4.78, 5) is 9.78. The van der Waals surface area contributed by atoms with Crippen LogP contribution in [0.1, 0.15) is 42.7 Å². The standard InChI is InChI=1S/C13H18N4O2S/c1-8-10(20-9(7-14)15-8)11-16-12(17-19-11)13(2)5-3-4-6-18-13/h3-7,14H2,1-2H3. The Morgan fingerprint density at radius 3 is 2.85 bits per heavy atom. The summed E-state index contributed by atoms with van der Waals surface area (Å²) in [5.74, 6) is 1.12. The Balaban J connectivity index is 1.91. The van der Waals surface area contributed by atoms with Crippen LogP contribution in [0.4, 0.5) is 0 Å². The fraction of sp³-hybridized carbons (Fsp3) is 0.615. The van der Waals surface area contributed by atoms with Gasteiger partial charge in [0.15, 0.2) is 0 Å². The van der Waals surface area contributed by atoms with Crippen molar-refractivity contribution in [2.24, 2.45) is 5.73 Å². The first-order valence-corrected chi connectivity index (χ1v) is 7.59. The van der Waals surface area contributed by atoms with E-state index in [9.17, 15) is 0 Å². The molecule has 0 spiro atoms. The van der Waals surface area contributed by atoms with Crippen molar-refractivity contribution in [1.29, 1.82) is 0 Å². The smallest absolute Gasteiger partial charge is 0.270 e. The molecule has 0 bridgehead atoms. The summed E-state index contributed by atoms with van der Waals surface area (Å²) in [7, 11) is 0. The van der Waals surface area contributed by atoms with Crippen molar-refractivity contribution in [3.8, 4) is 10.8 Å². The lowest BCUT2D eigenvalue weighted by atomic mass is 9.95. The van der Waals surface area contributed by atoms with Gasteiger partial charge in [0, 0.05) is 13.2 Å². The normalized spacial score (nSPS) is 23.1. The van der Waals surface area contributed by atoms with Crippen LogP contribution in [0.5, 0.6) is 0 Å². The van der Waals surface area contributed by atoms with Crippen molar-refractivity contribution >= 4 is 11.3 Å². The van der Waals surface area contributed by atoms with Crippen LogP contribution in [0.3, 0.4) is 0 Å². The molecule has 6 nitrogen and oxygen atoms in total. The van der Waals surface area contributed by atoms with E-state index in [1.807, 2.05) is 13.8 Å². The highest BCUT2D eigenvalue weighted by atomic mass is 32.1. The molecule has 3 heterocycles. The average molecular weight is 294 g/mol. The summed E-state index contributed by atoms with van der Waals surface area (Å²) in [5, 5.41) is 4.97. The molecule has 2 aromatic heterocycles. The van der Waals surface area contributed by atoms with Gasteiger partial charge in [0.05, 0.1) is 5.69 Å². The highest BCUT2D eigenvalue weighted by Crippen LogP contribution is 2.35. The van der Waals surface area contributed by atoms with E-state index in [-0.39, 0.29) is 0 Å². The number of hydrogen-bond acceptors (Lipinski definition) is 7. The Morgan fingerprint density at radius 1 is 1.35 bits per heavy atom. The summed E-state index contributed by atoms with van der Waals surface area (Å²) in [5.41, 5.74) is 6.05. The number of rotatable bonds is 3. The first-order chi connectivity index (χ1) is 9.62. The molecule has 0 aliphatic carbocycles. The lowest BCUT2D eigenvalue weighted by Gasteiger charge is -2.30. The zero-order chi connectivity index (χ0) is 14.2. The number of thiazole rings is 1. The van der Waals surface area contributed by atoms with Gasteiger partial charge in [-0.15, -0.1) is 11.3 Å². The van der Waals surface area contributed by atoms with Crippen molar-refractivity contribution in [2.75, 3.05) is 6.61 Å². The van der Waals surface area contributed by atoms with Gasteiger partial charge < -0.3 is 15.0 Å². The molecule has 1 unspecified atom stereocenters. The van der Waals surface area contributed by atoms with E-state index >= 15 is 0 Å². The van der Waals surface area contributed by atoms with Crippen LogP contribution < -0.4 is 5.73 Å². The molecule has 0 radical (unpaired) electrons. The van der Waals surface area contributed by atoms with Gasteiger partial charge >= 0.3 is 0 Å². The topological polar surface area (TPSA) is 87.1 Å². The van der Waals surface area contributed by atoms with E-state index in [1.165, 1.54) is 11.3 Å². The molecule has 1 aliphatic rings. The maximum atomic E-state index is 5.84. The lowest BCUT2D eigenvalue weighted by Crippen LogP contribution is -2.31. The zero-order valence-electron chi connectivity index (χ0n) is 11.7. The summed E-state index contributed by atoms with van der Waals surface area (Å²) in [6.07, 6.45) is 3.13. The SMILES string of the molecule is Cc1nc(CN)sc1-c1nc(C2(C)CCCCO2)no1. The molecule has 3 rings (SSSR count). The number of aryl methyl sites for hydroxylation is 1. The van der Waals surface area contributed by atoms with Crippen LogP contribution in [-0.2, 0) is 16.9 Å². The van der Waals surface area contributed by atoms with Gasteiger partial charge in [-0.05, 0) is 33.1 Å². The maximum Gasteiger partial charge on any atom is 0.270 e. The van der Waals surface area contributed by atoms with Crippen LogP contribution >= 0.6 is 11.3 Å². The van der Waals surface area contributed by atoms with Gasteiger partial charge in [-0.3, -0.25) is 0 Å². The van der Waals surface area contributed by atoms with Gasteiger partial charge in [0.25, 0.3) is 5.89 Å². The molecule has 1 fully saturated rings. The molecule has 2 N–H and O–H groups in total. The lowest BCUT2D eigenvalue weighted by molar-refractivity contribution is -0.0770. The molecular weight excluding hydrogens is 276 g/mol. The Kier molecular flexibility index (Phi) is 3.57. The fourth-order valence-electron chi connectivity index (χ4n) is 2.38. The van der Waals surface area contributed by atoms with E-state index in [4.69, 9.17) is 15.0 Å². The first-order valence-electron chi connectivity index (χ1n) is 6.77. The predicted octanol–water partition coefficient (Wildman–Crippen LogP) is 2.38. The molecule has 0 amide bonds. The van der Waals surface area contributed by atoms with Crippen molar-refractivity contribution < 1.29 is 9.26 Å². The largest absolute Gasteiger partial charge is 0.367 e. The van der Waals surface area contributed by atoms with E-state index in [0.717, 1.165) is 41.4 Å². The van der Waals surface area contributed by atoms with E-state index in [0.29, 0.717) is 18.3 Å². The monoisotopic (exact) mass is 294 g/mol. The third-order valence-corrected chi connectivity index (χ3v) is 4.75. The Morgan fingerprint density at radius 2 is 2.20 bits per heavy atom. The van der Waals surface area contributed by atoms with Crippen LogP contribution in [0, 0.1) is 6.92 Å². The number of nitrogens with two attached hydrogens (primary N) is 1. The van der Waals surface area contributed by atoms with Crippen molar-refractivity contribution in [3.63, 3.8) is 0 Å². The van der Waals surface area contributed by atoms with Gasteiger partial charge in [0.2, 0.25) is 5.82 Å². The molecular formula is C13H18N4O2S. The zero-order valence-corrected chi connectivity index (χ0v) is 12.5. The minimum absolute atomic E-state index is 0.424. The van der Waals surface area contributed by atoms with Crippen LogP contribution in [-0.4, -0.2) is 21.7 Å². The highest BCUT2D eigenvalue weighted by molar-refractivity contribution is 7.15. The molecule has 7 heteroatoms. The predicted molar refractivity (Wildman–Crippen MR) is 75.2 cm³/mol. The molecule has 108 valence electrons. The van der Waals surface area contributed by atoms with Crippen LogP contribution in [0.2, 0.25) is 0 Å². The van der Waals surface area contributed by atoms with E-state index < -0.39 is 5.60 Å². The van der Waals surface area contributed by atoms with Gasteiger partial charge in [-0.1, -0.05) is 5.16 Å². The second-order valence-corrected chi connectivity index (χ2v) is 6.27. The first kappa shape index (κ1) is 13.7. The highest BCUT2D eigenvalue weighted by Gasteiger charge is 2.35. The third-order valence-electron chi connectivity index (χ3n) is 3.58. The number of aromatic nitrogens is 3. The number of hydrogen-bond donors (Lipinski definition) is 1. The molecule has 1 aliphatic heterocycles. The average Bonchev–Trinajstić information content (AvgIpc) is 3.06. The van der Waals surface area contributed by atoms with Crippen molar-refractivity contribution in [3.05, 3.63) is 16.5 Å². The molecule has 0 aromatic carbocycles. The molecule has 0 saturated carbocycles. The molecule has 1 atom stereocenters. The quantitative estimate of drug-likeness (QED) is 0.935. The Hall–Kier alpha value is -1.31. The Bertz CT molecular complexity index is 601. The Labute approximate surface area is 121 Å². The molecule has 20 heavy (non-hydrogen) atoms. The summed E-state index contributed by atoms with van der Waals surface area (Å²) in [6.45, 7) is 5.12. The van der Waals surface area contributed by atoms with Gasteiger partial charge in [-0.25, -0.2) is 4.98 Å². The third kappa shape index (κ3) is 2.36. The molecule has 2 aromatic rings. The second-order valence-electron chi connectivity index (χ2n) is 5.19. The van der Waals surface area contributed by atoms with Crippen LogP contribution in [0.15, 0.2) is 4.52 Å². The van der Waals surface area contributed by atoms with Crippen LogP contribution in [0.25, 0.3) is 10.8 Å². The van der Waals surface area contributed by atoms with Gasteiger partial charge in [-0.2, -0.15) is 4.98 Å². The minimum atomic E-state index is -0.435.